The lowest BCUT2D eigenvalue weighted by atomic mass is 10.1. The second-order valence-corrected chi connectivity index (χ2v) is 2.62. The van der Waals surface area contributed by atoms with Crippen molar-refractivity contribution in [3.05, 3.63) is 29.3 Å². The smallest absolute Gasteiger partial charge is 0.0713 e. The summed E-state index contributed by atoms with van der Waals surface area (Å²) in [5.74, 6) is 0. The standard InChI is InChI=1S/C9H13NO/c1-7-3-4-8(6-11-2)5-9(7)10/h3-5H,6,10H2,1-2H3. The molecule has 0 saturated carbocycles. The summed E-state index contributed by atoms with van der Waals surface area (Å²) in [5, 5.41) is 0. The maximum atomic E-state index is 5.70. The Labute approximate surface area is 67.0 Å². The van der Waals surface area contributed by atoms with Crippen LogP contribution in [-0.4, -0.2) is 7.11 Å². The van der Waals surface area contributed by atoms with Gasteiger partial charge in [0, 0.05) is 12.8 Å². The second-order valence-electron chi connectivity index (χ2n) is 2.62. The van der Waals surface area contributed by atoms with Crippen molar-refractivity contribution in [3.8, 4) is 0 Å². The molecule has 1 aromatic carbocycles. The Balaban J connectivity index is 2.86. The molecule has 0 heterocycles. The van der Waals surface area contributed by atoms with Crippen molar-refractivity contribution in [2.24, 2.45) is 0 Å². The van der Waals surface area contributed by atoms with E-state index < -0.39 is 0 Å². The summed E-state index contributed by atoms with van der Waals surface area (Å²) in [6.45, 7) is 2.62. The van der Waals surface area contributed by atoms with Gasteiger partial charge in [0.2, 0.25) is 0 Å². The molecule has 0 fully saturated rings. The van der Waals surface area contributed by atoms with Gasteiger partial charge in [-0.2, -0.15) is 0 Å². The summed E-state index contributed by atoms with van der Waals surface area (Å²) >= 11 is 0. The number of ether oxygens (including phenoxy) is 1. The van der Waals surface area contributed by atoms with E-state index in [-0.39, 0.29) is 0 Å². The summed E-state index contributed by atoms with van der Waals surface area (Å²) in [5.41, 5.74) is 8.76. The predicted octanol–water partition coefficient (Wildman–Crippen LogP) is 1.72. The lowest BCUT2D eigenvalue weighted by Gasteiger charge is -2.03. The van der Waals surface area contributed by atoms with Gasteiger partial charge in [0.25, 0.3) is 0 Å². The number of benzene rings is 1. The van der Waals surface area contributed by atoms with Crippen LogP contribution in [0.3, 0.4) is 0 Å². The predicted molar refractivity (Wildman–Crippen MR) is 46.3 cm³/mol. The highest BCUT2D eigenvalue weighted by molar-refractivity contribution is 5.48. The number of rotatable bonds is 2. The minimum Gasteiger partial charge on any atom is -0.399 e. The van der Waals surface area contributed by atoms with Gasteiger partial charge in [-0.05, 0) is 24.1 Å². The van der Waals surface area contributed by atoms with Gasteiger partial charge < -0.3 is 10.5 Å². The fourth-order valence-corrected chi connectivity index (χ4v) is 0.946. The van der Waals surface area contributed by atoms with E-state index in [1.54, 1.807) is 7.11 Å². The second kappa shape index (κ2) is 3.39. The molecule has 0 aromatic heterocycles. The van der Waals surface area contributed by atoms with E-state index in [1.165, 1.54) is 0 Å². The van der Waals surface area contributed by atoms with Crippen molar-refractivity contribution in [1.82, 2.24) is 0 Å². The van der Waals surface area contributed by atoms with Crippen molar-refractivity contribution < 1.29 is 4.74 Å². The van der Waals surface area contributed by atoms with Crippen LogP contribution >= 0.6 is 0 Å². The zero-order chi connectivity index (χ0) is 8.27. The van der Waals surface area contributed by atoms with Crippen LogP contribution in [0.2, 0.25) is 0 Å². The Kier molecular flexibility index (Phi) is 2.49. The first-order chi connectivity index (χ1) is 5.24. The van der Waals surface area contributed by atoms with E-state index in [4.69, 9.17) is 10.5 Å². The van der Waals surface area contributed by atoms with Crippen LogP contribution in [0.5, 0.6) is 0 Å². The number of nitrogens with two attached hydrogens (primary N) is 1. The number of aryl methyl sites for hydroxylation is 1. The molecule has 0 saturated heterocycles. The van der Waals surface area contributed by atoms with Gasteiger partial charge in [0.05, 0.1) is 6.61 Å². The molecule has 2 nitrogen and oxygen atoms in total. The molecular weight excluding hydrogens is 138 g/mol. The highest BCUT2D eigenvalue weighted by atomic mass is 16.5. The Hall–Kier alpha value is -1.02. The van der Waals surface area contributed by atoms with Crippen LogP contribution in [0, 0.1) is 6.92 Å². The normalized spacial score (nSPS) is 10.0. The zero-order valence-electron chi connectivity index (χ0n) is 6.92. The third-order valence-corrected chi connectivity index (χ3v) is 1.65. The third-order valence-electron chi connectivity index (χ3n) is 1.65. The van der Waals surface area contributed by atoms with Crippen molar-refractivity contribution in [2.75, 3.05) is 12.8 Å². The van der Waals surface area contributed by atoms with Crippen molar-refractivity contribution >= 4 is 5.69 Å². The first-order valence-electron chi connectivity index (χ1n) is 3.58. The quantitative estimate of drug-likeness (QED) is 0.653. The molecule has 0 aliphatic rings. The Morgan fingerprint density at radius 3 is 2.73 bits per heavy atom. The van der Waals surface area contributed by atoms with Gasteiger partial charge in [0.15, 0.2) is 0 Å². The minimum absolute atomic E-state index is 0.629. The lowest BCUT2D eigenvalue weighted by Crippen LogP contribution is -1.93. The molecule has 1 aromatic rings. The van der Waals surface area contributed by atoms with E-state index in [0.29, 0.717) is 6.61 Å². The van der Waals surface area contributed by atoms with Gasteiger partial charge in [-0.1, -0.05) is 12.1 Å². The molecule has 2 N–H and O–H groups in total. The van der Waals surface area contributed by atoms with Gasteiger partial charge in [-0.15, -0.1) is 0 Å². The first kappa shape index (κ1) is 8.08. The van der Waals surface area contributed by atoms with Gasteiger partial charge in [-0.25, -0.2) is 0 Å². The number of anilines is 1. The van der Waals surface area contributed by atoms with Gasteiger partial charge >= 0.3 is 0 Å². The maximum Gasteiger partial charge on any atom is 0.0713 e. The van der Waals surface area contributed by atoms with E-state index in [9.17, 15) is 0 Å². The SMILES string of the molecule is COCc1ccc(C)c(N)c1. The summed E-state index contributed by atoms with van der Waals surface area (Å²) in [7, 11) is 1.68. The third kappa shape index (κ3) is 1.95. The molecule has 0 radical (unpaired) electrons. The molecule has 0 amide bonds. The molecule has 0 aliphatic heterocycles. The summed E-state index contributed by atoms with van der Waals surface area (Å²) in [6.07, 6.45) is 0. The monoisotopic (exact) mass is 151 g/mol. The van der Waals surface area contributed by atoms with Crippen LogP contribution < -0.4 is 5.73 Å². The summed E-state index contributed by atoms with van der Waals surface area (Å²) in [6, 6.07) is 5.97. The lowest BCUT2D eigenvalue weighted by molar-refractivity contribution is 0.185. The topological polar surface area (TPSA) is 35.2 Å². The summed E-state index contributed by atoms with van der Waals surface area (Å²) in [4.78, 5) is 0. The van der Waals surface area contributed by atoms with Crippen LogP contribution in [-0.2, 0) is 11.3 Å². The molecule has 60 valence electrons. The van der Waals surface area contributed by atoms with E-state index in [0.717, 1.165) is 16.8 Å². The molecular formula is C9H13NO. The molecule has 0 unspecified atom stereocenters. The zero-order valence-corrected chi connectivity index (χ0v) is 6.92. The minimum atomic E-state index is 0.629. The molecule has 11 heavy (non-hydrogen) atoms. The average Bonchev–Trinajstić information content (AvgIpc) is 1.98. The van der Waals surface area contributed by atoms with Crippen LogP contribution in [0.25, 0.3) is 0 Å². The number of hydrogen-bond acceptors (Lipinski definition) is 2. The van der Waals surface area contributed by atoms with Crippen LogP contribution in [0.1, 0.15) is 11.1 Å². The Bertz CT molecular complexity index is 245. The molecule has 0 bridgehead atoms. The van der Waals surface area contributed by atoms with Crippen LogP contribution in [0.4, 0.5) is 5.69 Å². The van der Waals surface area contributed by atoms with Gasteiger partial charge in [0.1, 0.15) is 0 Å². The Morgan fingerprint density at radius 2 is 2.18 bits per heavy atom. The summed E-state index contributed by atoms with van der Waals surface area (Å²) < 4.78 is 4.97. The Morgan fingerprint density at radius 1 is 1.45 bits per heavy atom. The fraction of sp³-hybridized carbons (Fsp3) is 0.333. The van der Waals surface area contributed by atoms with E-state index >= 15 is 0 Å². The highest BCUT2D eigenvalue weighted by Crippen LogP contribution is 2.12. The first-order valence-corrected chi connectivity index (χ1v) is 3.58. The molecule has 0 spiro atoms. The molecule has 2 heteroatoms. The maximum absolute atomic E-state index is 5.70. The largest absolute Gasteiger partial charge is 0.399 e. The molecule has 0 aliphatic carbocycles. The number of methoxy groups -OCH3 is 1. The molecule has 0 atom stereocenters. The van der Waals surface area contributed by atoms with Crippen LogP contribution in [0.15, 0.2) is 18.2 Å². The van der Waals surface area contributed by atoms with E-state index in [1.807, 2.05) is 25.1 Å². The van der Waals surface area contributed by atoms with Crippen molar-refractivity contribution in [2.45, 2.75) is 13.5 Å². The highest BCUT2D eigenvalue weighted by Gasteiger charge is 1.94. The molecule has 1 rings (SSSR count). The number of hydrogen-bond donors (Lipinski definition) is 1. The fourth-order valence-electron chi connectivity index (χ4n) is 0.946. The van der Waals surface area contributed by atoms with Crippen molar-refractivity contribution in [3.63, 3.8) is 0 Å². The van der Waals surface area contributed by atoms with E-state index in [2.05, 4.69) is 0 Å². The van der Waals surface area contributed by atoms with Crippen molar-refractivity contribution in [1.29, 1.82) is 0 Å². The average molecular weight is 151 g/mol. The van der Waals surface area contributed by atoms with Gasteiger partial charge in [-0.3, -0.25) is 0 Å². The number of nitrogen functional groups attached to an aromatic ring is 1.